The Bertz CT molecular complexity index is 290. The summed E-state index contributed by atoms with van der Waals surface area (Å²) in [6, 6.07) is 0. The Kier molecular flexibility index (Phi) is 3.61. The Labute approximate surface area is 85.5 Å². The molecule has 0 saturated heterocycles. The molecule has 0 unspecified atom stereocenters. The van der Waals surface area contributed by atoms with E-state index >= 15 is 0 Å². The van der Waals surface area contributed by atoms with Gasteiger partial charge in [-0.25, -0.2) is 4.79 Å². The minimum atomic E-state index is -4.12. The molecular weight excluding hydrogens is 209 g/mol. The Hall–Kier alpha value is -1.18. The summed E-state index contributed by atoms with van der Waals surface area (Å²) >= 11 is 0. The van der Waals surface area contributed by atoms with Gasteiger partial charge in [0.05, 0.1) is 5.92 Å². The molecular formula is C10H11F3O2. The number of aliphatic carboxylic acids is 1. The van der Waals surface area contributed by atoms with Crippen LogP contribution in [0.4, 0.5) is 13.2 Å². The van der Waals surface area contributed by atoms with Crippen LogP contribution in [-0.4, -0.2) is 17.3 Å². The summed E-state index contributed by atoms with van der Waals surface area (Å²) in [7, 11) is 0. The van der Waals surface area contributed by atoms with Crippen molar-refractivity contribution in [3.05, 3.63) is 0 Å². The second-order valence-electron chi connectivity index (χ2n) is 3.66. The quantitative estimate of drug-likeness (QED) is 0.636. The normalized spacial score (nSPS) is 26.6. The predicted octanol–water partition coefficient (Wildman–Crippen LogP) is 2.44. The van der Waals surface area contributed by atoms with E-state index < -0.39 is 18.1 Å². The third-order valence-corrected chi connectivity index (χ3v) is 2.57. The maximum Gasteiger partial charge on any atom is 0.391 e. The van der Waals surface area contributed by atoms with Gasteiger partial charge < -0.3 is 5.11 Å². The lowest BCUT2D eigenvalue weighted by Gasteiger charge is -2.27. The van der Waals surface area contributed by atoms with Crippen molar-refractivity contribution in [2.45, 2.75) is 31.9 Å². The first-order valence-electron chi connectivity index (χ1n) is 4.71. The van der Waals surface area contributed by atoms with Crippen LogP contribution in [0.15, 0.2) is 0 Å². The second kappa shape index (κ2) is 4.56. The minimum absolute atomic E-state index is 0.0580. The van der Waals surface area contributed by atoms with Gasteiger partial charge in [-0.2, -0.15) is 13.2 Å². The predicted molar refractivity (Wildman–Crippen MR) is 46.9 cm³/mol. The van der Waals surface area contributed by atoms with Gasteiger partial charge in [0.1, 0.15) is 0 Å². The van der Waals surface area contributed by atoms with Crippen LogP contribution in [0, 0.1) is 23.7 Å². The number of alkyl halides is 3. The SMILES string of the molecule is O=C(O)C#CC1CCC(C(F)(F)F)CC1. The van der Waals surface area contributed by atoms with Crippen molar-refractivity contribution >= 4 is 5.97 Å². The lowest BCUT2D eigenvalue weighted by atomic mass is 9.82. The van der Waals surface area contributed by atoms with E-state index in [4.69, 9.17) is 5.11 Å². The first kappa shape index (κ1) is 11.9. The average molecular weight is 220 g/mol. The fraction of sp³-hybridized carbons (Fsp3) is 0.700. The molecule has 0 spiro atoms. The number of carboxylic acids is 1. The first-order chi connectivity index (χ1) is 6.89. The van der Waals surface area contributed by atoms with Crippen molar-refractivity contribution in [1.82, 2.24) is 0 Å². The lowest BCUT2D eigenvalue weighted by Crippen LogP contribution is -2.27. The Morgan fingerprint density at radius 2 is 1.73 bits per heavy atom. The first-order valence-corrected chi connectivity index (χ1v) is 4.71. The van der Waals surface area contributed by atoms with Crippen LogP contribution in [0.3, 0.4) is 0 Å². The van der Waals surface area contributed by atoms with E-state index in [1.807, 2.05) is 5.92 Å². The van der Waals surface area contributed by atoms with Crippen molar-refractivity contribution in [1.29, 1.82) is 0 Å². The summed E-state index contributed by atoms with van der Waals surface area (Å²) < 4.78 is 36.8. The average Bonchev–Trinajstić information content (AvgIpc) is 2.14. The molecule has 0 radical (unpaired) electrons. The van der Waals surface area contributed by atoms with Gasteiger partial charge in [0.2, 0.25) is 0 Å². The molecule has 0 aromatic carbocycles. The topological polar surface area (TPSA) is 37.3 Å². The highest BCUT2D eigenvalue weighted by atomic mass is 19.4. The van der Waals surface area contributed by atoms with Crippen LogP contribution in [0.25, 0.3) is 0 Å². The Morgan fingerprint density at radius 3 is 2.13 bits per heavy atom. The third-order valence-electron chi connectivity index (χ3n) is 2.57. The molecule has 15 heavy (non-hydrogen) atoms. The van der Waals surface area contributed by atoms with E-state index in [0.29, 0.717) is 12.8 Å². The highest BCUT2D eigenvalue weighted by Crippen LogP contribution is 2.39. The van der Waals surface area contributed by atoms with Crippen LogP contribution >= 0.6 is 0 Å². The molecule has 5 heteroatoms. The van der Waals surface area contributed by atoms with E-state index in [2.05, 4.69) is 5.92 Å². The molecule has 1 N–H and O–H groups in total. The van der Waals surface area contributed by atoms with E-state index in [1.165, 1.54) is 0 Å². The van der Waals surface area contributed by atoms with Gasteiger partial charge in [-0.3, -0.25) is 0 Å². The molecule has 84 valence electrons. The fourth-order valence-electron chi connectivity index (χ4n) is 1.73. The monoisotopic (exact) mass is 220 g/mol. The van der Waals surface area contributed by atoms with Gasteiger partial charge in [0, 0.05) is 11.8 Å². The van der Waals surface area contributed by atoms with Gasteiger partial charge in [-0.1, -0.05) is 5.92 Å². The number of rotatable bonds is 0. The minimum Gasteiger partial charge on any atom is -0.472 e. The summed E-state index contributed by atoms with van der Waals surface area (Å²) in [5.41, 5.74) is 0. The largest absolute Gasteiger partial charge is 0.472 e. The number of hydrogen-bond acceptors (Lipinski definition) is 1. The molecule has 0 aromatic heterocycles. The number of carboxylic acid groups (broad SMARTS) is 1. The molecule has 0 bridgehead atoms. The van der Waals surface area contributed by atoms with Crippen molar-refractivity contribution in [2.24, 2.45) is 11.8 Å². The van der Waals surface area contributed by atoms with Gasteiger partial charge in [-0.15, -0.1) is 0 Å². The molecule has 1 aliphatic rings. The zero-order chi connectivity index (χ0) is 11.5. The second-order valence-corrected chi connectivity index (χ2v) is 3.66. The van der Waals surface area contributed by atoms with Gasteiger partial charge in [0.15, 0.2) is 0 Å². The third kappa shape index (κ3) is 3.82. The van der Waals surface area contributed by atoms with Crippen molar-refractivity contribution < 1.29 is 23.1 Å². The van der Waals surface area contributed by atoms with Crippen molar-refractivity contribution in [2.75, 3.05) is 0 Å². The van der Waals surface area contributed by atoms with Crippen LogP contribution in [0.2, 0.25) is 0 Å². The standard InChI is InChI=1S/C10H11F3O2/c11-10(12,13)8-4-1-7(2-5-8)3-6-9(14)15/h7-8H,1-2,4-5H2,(H,14,15). The van der Waals surface area contributed by atoms with Crippen LogP contribution in [-0.2, 0) is 4.79 Å². The number of hydrogen-bond donors (Lipinski definition) is 1. The maximum atomic E-state index is 12.3. The van der Waals surface area contributed by atoms with Crippen molar-refractivity contribution in [3.8, 4) is 11.8 Å². The maximum absolute atomic E-state index is 12.3. The van der Waals surface area contributed by atoms with E-state index in [0.717, 1.165) is 0 Å². The lowest BCUT2D eigenvalue weighted by molar-refractivity contribution is -0.183. The summed E-state index contributed by atoms with van der Waals surface area (Å²) in [5.74, 6) is 1.77. The van der Waals surface area contributed by atoms with E-state index in [1.54, 1.807) is 0 Å². The summed E-state index contributed by atoms with van der Waals surface area (Å²) in [5, 5.41) is 8.27. The fourth-order valence-corrected chi connectivity index (χ4v) is 1.73. The zero-order valence-electron chi connectivity index (χ0n) is 7.97. The highest BCUT2D eigenvalue weighted by Gasteiger charge is 2.41. The molecule has 0 aliphatic heterocycles. The molecule has 0 heterocycles. The van der Waals surface area contributed by atoms with E-state index in [9.17, 15) is 18.0 Å². The van der Waals surface area contributed by atoms with Crippen LogP contribution in [0.1, 0.15) is 25.7 Å². The molecule has 0 atom stereocenters. The molecule has 1 aliphatic carbocycles. The van der Waals surface area contributed by atoms with Gasteiger partial charge >= 0.3 is 12.1 Å². The molecule has 2 nitrogen and oxygen atoms in total. The van der Waals surface area contributed by atoms with Gasteiger partial charge in [0.25, 0.3) is 0 Å². The highest BCUT2D eigenvalue weighted by molar-refractivity contribution is 5.86. The molecule has 0 aromatic rings. The van der Waals surface area contributed by atoms with Crippen LogP contribution in [0.5, 0.6) is 0 Å². The van der Waals surface area contributed by atoms with Gasteiger partial charge in [-0.05, 0) is 25.7 Å². The summed E-state index contributed by atoms with van der Waals surface area (Å²) in [6.07, 6.45) is -3.33. The zero-order valence-corrected chi connectivity index (χ0v) is 7.97. The van der Waals surface area contributed by atoms with Crippen molar-refractivity contribution in [3.63, 3.8) is 0 Å². The summed E-state index contributed by atoms with van der Waals surface area (Å²) in [4.78, 5) is 10.1. The van der Waals surface area contributed by atoms with E-state index in [-0.39, 0.29) is 18.8 Å². The Balaban J connectivity index is 2.44. The number of halogens is 3. The molecule has 1 saturated carbocycles. The van der Waals surface area contributed by atoms with Crippen LogP contribution < -0.4 is 0 Å². The molecule has 0 amide bonds. The molecule has 1 rings (SSSR count). The number of carbonyl (C=O) groups is 1. The summed E-state index contributed by atoms with van der Waals surface area (Å²) in [6.45, 7) is 0. The Morgan fingerprint density at radius 1 is 1.20 bits per heavy atom. The smallest absolute Gasteiger partial charge is 0.391 e. The molecule has 1 fully saturated rings.